The molecule has 0 N–H and O–H groups in total. The molecular formula is C11H11ClN6O2S. The van der Waals surface area contributed by atoms with Gasteiger partial charge in [-0.2, -0.15) is 0 Å². The fourth-order valence-electron chi connectivity index (χ4n) is 2.19. The lowest BCUT2D eigenvalue weighted by atomic mass is 10.2. The van der Waals surface area contributed by atoms with Gasteiger partial charge in [0.25, 0.3) is 0 Å². The Bertz CT molecular complexity index is 691. The van der Waals surface area contributed by atoms with Crippen molar-refractivity contribution in [2.24, 2.45) is 0 Å². The smallest absolute Gasteiger partial charge is 0.306 e. The fraction of sp³-hybridized carbons (Fsp3) is 0.455. The second-order valence-corrected chi connectivity index (χ2v) is 5.85. The van der Waals surface area contributed by atoms with E-state index in [1.165, 1.54) is 6.33 Å². The summed E-state index contributed by atoms with van der Waals surface area (Å²) in [5.41, 5.74) is -0.296. The van der Waals surface area contributed by atoms with Crippen LogP contribution in [0.4, 0.5) is 5.69 Å². The van der Waals surface area contributed by atoms with Gasteiger partial charge in [0.15, 0.2) is 10.2 Å². The first-order chi connectivity index (χ1) is 10.2. The highest BCUT2D eigenvalue weighted by atomic mass is 35.5. The monoisotopic (exact) mass is 326 g/mol. The van der Waals surface area contributed by atoms with Crippen molar-refractivity contribution in [2.75, 3.05) is 0 Å². The van der Waals surface area contributed by atoms with Gasteiger partial charge < -0.3 is 4.57 Å². The molecule has 0 unspecified atom stereocenters. The normalized spacial score (nSPS) is 14.5. The third-order valence-electron chi connectivity index (χ3n) is 3.19. The van der Waals surface area contributed by atoms with Crippen LogP contribution in [-0.2, 0) is 13.0 Å². The maximum atomic E-state index is 11.1. The van der Waals surface area contributed by atoms with Gasteiger partial charge in [0, 0.05) is 13.0 Å². The Kier molecular flexibility index (Phi) is 4.02. The molecule has 0 saturated heterocycles. The molecule has 3 heterocycles. The zero-order valence-corrected chi connectivity index (χ0v) is 12.5. The first kappa shape index (κ1) is 14.2. The van der Waals surface area contributed by atoms with Crippen molar-refractivity contribution in [3.63, 3.8) is 0 Å². The van der Waals surface area contributed by atoms with Crippen molar-refractivity contribution in [3.8, 4) is 0 Å². The SMILES string of the molecule is O=[N+]([O-])c1c(Cl)ncnc1Sc1nnc2n1CCCCC2. The molecule has 1 aliphatic heterocycles. The van der Waals surface area contributed by atoms with E-state index < -0.39 is 4.92 Å². The van der Waals surface area contributed by atoms with Crippen LogP contribution in [0.15, 0.2) is 16.5 Å². The molecule has 0 radical (unpaired) electrons. The van der Waals surface area contributed by atoms with Crippen molar-refractivity contribution in [1.29, 1.82) is 0 Å². The summed E-state index contributed by atoms with van der Waals surface area (Å²) < 4.78 is 2.00. The summed E-state index contributed by atoms with van der Waals surface area (Å²) in [6.07, 6.45) is 5.36. The average Bonchev–Trinajstić information content (AvgIpc) is 2.68. The molecule has 0 aromatic carbocycles. The van der Waals surface area contributed by atoms with Gasteiger partial charge in [0.2, 0.25) is 5.15 Å². The second-order valence-electron chi connectivity index (χ2n) is 4.54. The molecule has 10 heteroatoms. The van der Waals surface area contributed by atoms with Gasteiger partial charge in [-0.05, 0) is 24.6 Å². The largest absolute Gasteiger partial charge is 0.338 e. The molecule has 110 valence electrons. The van der Waals surface area contributed by atoms with Gasteiger partial charge in [0.1, 0.15) is 12.2 Å². The molecule has 0 saturated carbocycles. The molecule has 0 spiro atoms. The predicted octanol–water partition coefficient (Wildman–Crippen LogP) is 2.51. The number of aromatic nitrogens is 5. The summed E-state index contributed by atoms with van der Waals surface area (Å²) in [7, 11) is 0. The second kappa shape index (κ2) is 5.94. The predicted molar refractivity (Wildman–Crippen MR) is 75.4 cm³/mol. The van der Waals surface area contributed by atoms with Crippen molar-refractivity contribution in [2.45, 2.75) is 42.4 Å². The summed E-state index contributed by atoms with van der Waals surface area (Å²) in [6, 6.07) is 0. The Hall–Kier alpha value is -1.74. The van der Waals surface area contributed by atoms with E-state index >= 15 is 0 Å². The standard InChI is InChI=1S/C11H11ClN6O2S/c12-9-8(18(19)20)10(14-6-13-9)21-11-16-15-7-4-2-1-3-5-17(7)11/h6H,1-5H2. The number of hydrogen-bond donors (Lipinski definition) is 0. The minimum absolute atomic E-state index is 0.173. The van der Waals surface area contributed by atoms with E-state index in [1.807, 2.05) is 4.57 Å². The Balaban J connectivity index is 1.96. The van der Waals surface area contributed by atoms with Gasteiger partial charge in [-0.15, -0.1) is 10.2 Å². The van der Waals surface area contributed by atoms with E-state index in [4.69, 9.17) is 11.6 Å². The molecule has 2 aromatic heterocycles. The lowest BCUT2D eigenvalue weighted by molar-refractivity contribution is -0.388. The zero-order chi connectivity index (χ0) is 14.8. The van der Waals surface area contributed by atoms with E-state index in [2.05, 4.69) is 20.2 Å². The van der Waals surface area contributed by atoms with Crippen LogP contribution in [-0.4, -0.2) is 29.7 Å². The van der Waals surface area contributed by atoms with Gasteiger partial charge in [-0.25, -0.2) is 9.97 Å². The van der Waals surface area contributed by atoms with Gasteiger partial charge in [0.05, 0.1) is 4.92 Å². The van der Waals surface area contributed by atoms with Crippen LogP contribution >= 0.6 is 23.4 Å². The molecule has 0 aliphatic carbocycles. The Morgan fingerprint density at radius 2 is 2.14 bits per heavy atom. The number of nitrogens with zero attached hydrogens (tertiary/aromatic N) is 6. The third kappa shape index (κ3) is 2.84. The van der Waals surface area contributed by atoms with Gasteiger partial charge in [-0.3, -0.25) is 10.1 Å². The quantitative estimate of drug-likeness (QED) is 0.485. The van der Waals surface area contributed by atoms with E-state index in [1.54, 1.807) is 0 Å². The Morgan fingerprint density at radius 1 is 1.29 bits per heavy atom. The van der Waals surface area contributed by atoms with Gasteiger partial charge >= 0.3 is 5.69 Å². The first-order valence-electron chi connectivity index (χ1n) is 6.41. The van der Waals surface area contributed by atoms with Crippen LogP contribution in [0.1, 0.15) is 25.1 Å². The highest BCUT2D eigenvalue weighted by molar-refractivity contribution is 7.99. The van der Waals surface area contributed by atoms with E-state index in [9.17, 15) is 10.1 Å². The first-order valence-corrected chi connectivity index (χ1v) is 7.61. The number of hydrogen-bond acceptors (Lipinski definition) is 7. The summed E-state index contributed by atoms with van der Waals surface area (Å²) in [4.78, 5) is 18.1. The fourth-order valence-corrected chi connectivity index (χ4v) is 3.38. The van der Waals surface area contributed by atoms with E-state index in [0.29, 0.717) is 5.16 Å². The van der Waals surface area contributed by atoms with E-state index in [-0.39, 0.29) is 15.9 Å². The van der Waals surface area contributed by atoms with Crippen LogP contribution in [0.3, 0.4) is 0 Å². The summed E-state index contributed by atoms with van der Waals surface area (Å²) in [5.74, 6) is 0.915. The van der Waals surface area contributed by atoms with E-state index in [0.717, 1.165) is 49.8 Å². The Morgan fingerprint density at radius 3 is 2.95 bits per heavy atom. The lowest BCUT2D eigenvalue weighted by Crippen LogP contribution is -2.03. The van der Waals surface area contributed by atoms with Crippen molar-refractivity contribution in [1.82, 2.24) is 24.7 Å². The molecule has 1 aliphatic rings. The molecule has 2 aromatic rings. The minimum atomic E-state index is -0.579. The molecule has 0 atom stereocenters. The van der Waals surface area contributed by atoms with Crippen LogP contribution in [0.25, 0.3) is 0 Å². The van der Waals surface area contributed by atoms with Crippen molar-refractivity contribution < 1.29 is 4.92 Å². The van der Waals surface area contributed by atoms with Crippen LogP contribution in [0, 0.1) is 10.1 Å². The highest BCUT2D eigenvalue weighted by Gasteiger charge is 2.25. The Labute approximate surface area is 129 Å². The average molecular weight is 327 g/mol. The number of aryl methyl sites for hydroxylation is 1. The molecule has 0 amide bonds. The third-order valence-corrected chi connectivity index (χ3v) is 4.44. The summed E-state index contributed by atoms with van der Waals surface area (Å²) >= 11 is 6.88. The molecule has 21 heavy (non-hydrogen) atoms. The van der Waals surface area contributed by atoms with Gasteiger partial charge in [-0.1, -0.05) is 18.0 Å². The topological polar surface area (TPSA) is 99.6 Å². The molecule has 0 bridgehead atoms. The summed E-state index contributed by atoms with van der Waals surface area (Å²) in [6.45, 7) is 0.817. The number of halogens is 1. The number of rotatable bonds is 3. The maximum absolute atomic E-state index is 11.1. The van der Waals surface area contributed by atoms with Crippen molar-refractivity contribution >= 4 is 29.1 Å². The summed E-state index contributed by atoms with van der Waals surface area (Å²) in [5, 5.41) is 20.0. The zero-order valence-electron chi connectivity index (χ0n) is 10.9. The molecule has 8 nitrogen and oxygen atoms in total. The van der Waals surface area contributed by atoms with Crippen LogP contribution in [0.5, 0.6) is 0 Å². The number of fused-ring (bicyclic) bond motifs is 1. The highest BCUT2D eigenvalue weighted by Crippen LogP contribution is 2.36. The molecule has 0 fully saturated rings. The maximum Gasteiger partial charge on any atom is 0.338 e. The lowest BCUT2D eigenvalue weighted by Gasteiger charge is -2.06. The van der Waals surface area contributed by atoms with Crippen LogP contribution < -0.4 is 0 Å². The minimum Gasteiger partial charge on any atom is -0.306 e. The van der Waals surface area contributed by atoms with Crippen LogP contribution in [0.2, 0.25) is 5.15 Å². The molecular weight excluding hydrogens is 316 g/mol. The molecule has 3 rings (SSSR count). The van der Waals surface area contributed by atoms with Crippen molar-refractivity contribution in [3.05, 3.63) is 27.4 Å². The number of nitro groups is 1.